The van der Waals surface area contributed by atoms with Crippen LogP contribution in [0, 0.1) is 11.6 Å². The second kappa shape index (κ2) is 5.30. The zero-order valence-corrected chi connectivity index (χ0v) is 10.4. The highest BCUT2D eigenvalue weighted by Crippen LogP contribution is 2.21. The summed E-state index contributed by atoms with van der Waals surface area (Å²) in [7, 11) is 1.23. The van der Waals surface area contributed by atoms with Crippen LogP contribution in [0.3, 0.4) is 0 Å². The van der Waals surface area contributed by atoms with E-state index in [9.17, 15) is 18.7 Å². The van der Waals surface area contributed by atoms with Crippen LogP contribution < -0.4 is 10.1 Å². The lowest BCUT2D eigenvalue weighted by Crippen LogP contribution is -2.41. The Kier molecular flexibility index (Phi) is 4.24. The number of halogens is 2. The van der Waals surface area contributed by atoms with Gasteiger partial charge in [0.15, 0.2) is 11.6 Å². The molecule has 0 aliphatic heterocycles. The standard InChI is InChI=1S/C12H15F2NO3/c1-12(2,17)11(16)15-6-7-4-9(14)10(18-3)5-8(7)13/h4-5,17H,6H2,1-3H3,(H,15,16). The summed E-state index contributed by atoms with van der Waals surface area (Å²) >= 11 is 0. The second-order valence-corrected chi connectivity index (χ2v) is 4.32. The third kappa shape index (κ3) is 3.40. The average molecular weight is 259 g/mol. The molecule has 0 spiro atoms. The van der Waals surface area contributed by atoms with Crippen molar-refractivity contribution in [1.82, 2.24) is 5.32 Å². The molecule has 0 saturated heterocycles. The molecule has 100 valence electrons. The zero-order valence-electron chi connectivity index (χ0n) is 10.4. The summed E-state index contributed by atoms with van der Waals surface area (Å²) < 4.78 is 31.5. The number of benzene rings is 1. The summed E-state index contributed by atoms with van der Waals surface area (Å²) in [5, 5.41) is 11.7. The minimum Gasteiger partial charge on any atom is -0.494 e. The maximum absolute atomic E-state index is 13.5. The molecule has 0 bridgehead atoms. The van der Waals surface area contributed by atoms with E-state index in [1.165, 1.54) is 21.0 Å². The van der Waals surface area contributed by atoms with Crippen LogP contribution in [0.4, 0.5) is 8.78 Å². The highest BCUT2D eigenvalue weighted by atomic mass is 19.1. The van der Waals surface area contributed by atoms with Crippen molar-refractivity contribution < 1.29 is 23.4 Å². The van der Waals surface area contributed by atoms with Crippen LogP contribution in [0.5, 0.6) is 5.75 Å². The Balaban J connectivity index is 2.81. The molecule has 0 aliphatic rings. The number of rotatable bonds is 4. The van der Waals surface area contributed by atoms with Crippen LogP contribution in [0.2, 0.25) is 0 Å². The van der Waals surface area contributed by atoms with E-state index >= 15 is 0 Å². The number of hydrogen-bond donors (Lipinski definition) is 2. The molecule has 0 atom stereocenters. The second-order valence-electron chi connectivity index (χ2n) is 4.32. The minimum absolute atomic E-state index is 0.0223. The molecule has 0 heterocycles. The van der Waals surface area contributed by atoms with Gasteiger partial charge in [0.2, 0.25) is 0 Å². The molecule has 1 rings (SSSR count). The number of hydrogen-bond acceptors (Lipinski definition) is 3. The van der Waals surface area contributed by atoms with E-state index in [2.05, 4.69) is 10.1 Å². The number of carbonyl (C=O) groups is 1. The summed E-state index contributed by atoms with van der Waals surface area (Å²) in [6.07, 6.45) is 0. The van der Waals surface area contributed by atoms with E-state index in [1.54, 1.807) is 0 Å². The highest BCUT2D eigenvalue weighted by molar-refractivity contribution is 5.83. The lowest BCUT2D eigenvalue weighted by molar-refractivity contribution is -0.136. The maximum atomic E-state index is 13.5. The van der Waals surface area contributed by atoms with Gasteiger partial charge in [0.1, 0.15) is 11.4 Å². The van der Waals surface area contributed by atoms with Crippen LogP contribution in [0.1, 0.15) is 19.4 Å². The number of amides is 1. The first-order valence-corrected chi connectivity index (χ1v) is 5.28. The molecule has 18 heavy (non-hydrogen) atoms. The predicted molar refractivity (Wildman–Crippen MR) is 61.1 cm³/mol. The van der Waals surface area contributed by atoms with E-state index in [4.69, 9.17) is 0 Å². The molecule has 0 saturated carbocycles. The molecular formula is C12H15F2NO3. The van der Waals surface area contributed by atoms with Crippen molar-refractivity contribution in [2.45, 2.75) is 26.0 Å². The van der Waals surface area contributed by atoms with Crippen molar-refractivity contribution in [2.75, 3.05) is 7.11 Å². The van der Waals surface area contributed by atoms with Gasteiger partial charge in [0.25, 0.3) is 5.91 Å². The minimum atomic E-state index is -1.57. The van der Waals surface area contributed by atoms with Gasteiger partial charge < -0.3 is 15.2 Å². The van der Waals surface area contributed by atoms with Crippen molar-refractivity contribution in [3.05, 3.63) is 29.3 Å². The Labute approximate surface area is 104 Å². The molecule has 1 aromatic carbocycles. The normalized spacial score (nSPS) is 11.2. The zero-order chi connectivity index (χ0) is 13.9. The van der Waals surface area contributed by atoms with Gasteiger partial charge in [-0.3, -0.25) is 4.79 Å². The van der Waals surface area contributed by atoms with Crippen molar-refractivity contribution in [1.29, 1.82) is 0 Å². The highest BCUT2D eigenvalue weighted by Gasteiger charge is 2.23. The summed E-state index contributed by atoms with van der Waals surface area (Å²) in [5.74, 6) is -2.28. The van der Waals surface area contributed by atoms with Crippen LogP contribution in [-0.2, 0) is 11.3 Å². The first-order valence-electron chi connectivity index (χ1n) is 5.28. The van der Waals surface area contributed by atoms with Gasteiger partial charge in [-0.25, -0.2) is 8.78 Å². The summed E-state index contributed by atoms with van der Waals surface area (Å²) in [5.41, 5.74) is -1.59. The monoisotopic (exact) mass is 259 g/mol. The van der Waals surface area contributed by atoms with Crippen molar-refractivity contribution in [3.63, 3.8) is 0 Å². The molecular weight excluding hydrogens is 244 g/mol. The fourth-order valence-corrected chi connectivity index (χ4v) is 1.25. The predicted octanol–water partition coefficient (Wildman–Crippen LogP) is 1.36. The average Bonchev–Trinajstić information content (AvgIpc) is 2.27. The van der Waals surface area contributed by atoms with Crippen LogP contribution in [0.25, 0.3) is 0 Å². The van der Waals surface area contributed by atoms with Gasteiger partial charge in [0, 0.05) is 18.2 Å². The Morgan fingerprint density at radius 2 is 2.00 bits per heavy atom. The molecule has 1 aromatic rings. The maximum Gasteiger partial charge on any atom is 0.251 e. The number of nitrogens with one attached hydrogen (secondary N) is 1. The molecule has 0 radical (unpaired) electrons. The van der Waals surface area contributed by atoms with E-state index in [1.807, 2.05) is 0 Å². The van der Waals surface area contributed by atoms with E-state index in [0.29, 0.717) is 0 Å². The quantitative estimate of drug-likeness (QED) is 0.858. The smallest absolute Gasteiger partial charge is 0.251 e. The molecule has 2 N–H and O–H groups in total. The van der Waals surface area contributed by atoms with E-state index < -0.39 is 23.1 Å². The Morgan fingerprint density at radius 3 is 2.50 bits per heavy atom. The molecule has 4 nitrogen and oxygen atoms in total. The Morgan fingerprint density at radius 1 is 1.39 bits per heavy atom. The lowest BCUT2D eigenvalue weighted by Gasteiger charge is -2.17. The number of aliphatic hydroxyl groups is 1. The number of ether oxygens (including phenoxy) is 1. The topological polar surface area (TPSA) is 58.6 Å². The fraction of sp³-hybridized carbons (Fsp3) is 0.417. The SMILES string of the molecule is COc1cc(F)c(CNC(=O)C(C)(C)O)cc1F. The molecule has 0 aromatic heterocycles. The van der Waals surface area contributed by atoms with E-state index in [-0.39, 0.29) is 17.9 Å². The van der Waals surface area contributed by atoms with Crippen LogP contribution >= 0.6 is 0 Å². The van der Waals surface area contributed by atoms with Gasteiger partial charge in [-0.2, -0.15) is 0 Å². The first-order chi connectivity index (χ1) is 8.25. The van der Waals surface area contributed by atoms with Gasteiger partial charge >= 0.3 is 0 Å². The summed E-state index contributed by atoms with van der Waals surface area (Å²) in [4.78, 5) is 11.4. The van der Waals surface area contributed by atoms with Gasteiger partial charge in [-0.1, -0.05) is 0 Å². The molecule has 0 fully saturated rings. The van der Waals surface area contributed by atoms with Crippen molar-refractivity contribution in [3.8, 4) is 5.75 Å². The molecule has 1 amide bonds. The summed E-state index contributed by atoms with van der Waals surface area (Å²) in [6.45, 7) is 2.39. The molecule has 6 heteroatoms. The molecule has 0 aliphatic carbocycles. The van der Waals surface area contributed by atoms with Crippen molar-refractivity contribution >= 4 is 5.91 Å². The largest absolute Gasteiger partial charge is 0.494 e. The third-order valence-electron chi connectivity index (χ3n) is 2.32. The van der Waals surface area contributed by atoms with E-state index in [0.717, 1.165) is 12.1 Å². The fourth-order valence-electron chi connectivity index (χ4n) is 1.25. The van der Waals surface area contributed by atoms with Gasteiger partial charge in [0.05, 0.1) is 7.11 Å². The lowest BCUT2D eigenvalue weighted by atomic mass is 10.1. The van der Waals surface area contributed by atoms with Gasteiger partial charge in [-0.05, 0) is 19.9 Å². The first kappa shape index (κ1) is 14.4. The molecule has 0 unspecified atom stereocenters. The Bertz CT molecular complexity index is 455. The van der Waals surface area contributed by atoms with Gasteiger partial charge in [-0.15, -0.1) is 0 Å². The van der Waals surface area contributed by atoms with Crippen LogP contribution in [-0.4, -0.2) is 23.7 Å². The number of carbonyl (C=O) groups excluding carboxylic acids is 1. The summed E-state index contributed by atoms with van der Waals surface area (Å²) in [6, 6.07) is 1.85. The van der Waals surface area contributed by atoms with Crippen molar-refractivity contribution in [2.24, 2.45) is 0 Å². The number of methoxy groups -OCH3 is 1. The van der Waals surface area contributed by atoms with Crippen LogP contribution in [0.15, 0.2) is 12.1 Å². The Hall–Kier alpha value is -1.69. The third-order valence-corrected chi connectivity index (χ3v) is 2.32.